The predicted molar refractivity (Wildman–Crippen MR) is 87.7 cm³/mol. The number of nitrogens with zero attached hydrogens (tertiary/aromatic N) is 1. The first kappa shape index (κ1) is 14.2. The van der Waals surface area contributed by atoms with E-state index < -0.39 is 0 Å². The van der Waals surface area contributed by atoms with Crippen LogP contribution in [0.2, 0.25) is 0 Å². The van der Waals surface area contributed by atoms with Gasteiger partial charge in [0.05, 0.1) is 10.7 Å². The van der Waals surface area contributed by atoms with Crippen LogP contribution in [-0.2, 0) is 18.4 Å². The number of hydrogen-bond acceptors (Lipinski definition) is 4. The molecule has 2 nitrogen and oxygen atoms in total. The second kappa shape index (κ2) is 5.58. The van der Waals surface area contributed by atoms with E-state index in [-0.39, 0.29) is 5.41 Å². The average Bonchev–Trinajstić information content (AvgIpc) is 3.04. The fourth-order valence-corrected chi connectivity index (χ4v) is 4.55. The third kappa shape index (κ3) is 2.97. The van der Waals surface area contributed by atoms with Gasteiger partial charge >= 0.3 is 0 Å². The van der Waals surface area contributed by atoms with E-state index in [0.29, 0.717) is 6.04 Å². The number of nitrogens with one attached hydrogen (secondary N) is 1. The zero-order chi connectivity index (χ0) is 14.2. The lowest BCUT2D eigenvalue weighted by molar-refractivity contribution is 0.459. The van der Waals surface area contributed by atoms with Crippen LogP contribution in [-0.4, -0.2) is 4.98 Å². The monoisotopic (exact) mass is 306 g/mol. The lowest BCUT2D eigenvalue weighted by Gasteiger charge is -2.23. The maximum Gasteiger partial charge on any atom is 0.0982 e. The number of aromatic nitrogens is 1. The van der Waals surface area contributed by atoms with Crippen LogP contribution in [0.1, 0.15) is 60.8 Å². The van der Waals surface area contributed by atoms with Gasteiger partial charge in [0.15, 0.2) is 0 Å². The minimum absolute atomic E-state index is 0.161. The van der Waals surface area contributed by atoms with Gasteiger partial charge in [-0.2, -0.15) is 0 Å². The molecular weight excluding hydrogens is 284 g/mol. The molecule has 0 aliphatic heterocycles. The summed E-state index contributed by atoms with van der Waals surface area (Å²) in [6, 6.07) is 2.81. The van der Waals surface area contributed by atoms with E-state index in [1.165, 1.54) is 35.5 Å². The van der Waals surface area contributed by atoms with Crippen LogP contribution in [0.15, 0.2) is 16.8 Å². The molecule has 20 heavy (non-hydrogen) atoms. The Morgan fingerprint density at radius 1 is 1.35 bits per heavy atom. The summed E-state index contributed by atoms with van der Waals surface area (Å²) in [6.45, 7) is 7.55. The highest BCUT2D eigenvalue weighted by atomic mass is 32.1. The molecule has 0 bridgehead atoms. The van der Waals surface area contributed by atoms with Crippen molar-refractivity contribution >= 4 is 22.7 Å². The first-order chi connectivity index (χ1) is 9.54. The van der Waals surface area contributed by atoms with E-state index >= 15 is 0 Å². The van der Waals surface area contributed by atoms with E-state index in [9.17, 15) is 0 Å². The molecule has 2 aromatic rings. The van der Waals surface area contributed by atoms with Crippen molar-refractivity contribution in [2.75, 3.05) is 0 Å². The molecule has 1 aliphatic rings. The van der Waals surface area contributed by atoms with Crippen LogP contribution >= 0.6 is 22.7 Å². The van der Waals surface area contributed by atoms with Gasteiger partial charge in [-0.25, -0.2) is 4.98 Å². The minimum Gasteiger partial charge on any atom is -0.304 e. The van der Waals surface area contributed by atoms with Gasteiger partial charge < -0.3 is 5.32 Å². The maximum atomic E-state index is 4.77. The van der Waals surface area contributed by atoms with Gasteiger partial charge in [-0.1, -0.05) is 20.8 Å². The Morgan fingerprint density at radius 2 is 2.20 bits per heavy atom. The molecule has 4 heteroatoms. The summed E-state index contributed by atoms with van der Waals surface area (Å²) in [5.74, 6) is 0. The summed E-state index contributed by atoms with van der Waals surface area (Å²) in [4.78, 5) is 6.34. The Bertz CT molecular complexity index is 577. The van der Waals surface area contributed by atoms with Crippen molar-refractivity contribution in [3.63, 3.8) is 0 Å². The Morgan fingerprint density at radius 3 is 2.95 bits per heavy atom. The third-order valence-electron chi connectivity index (χ3n) is 3.77. The van der Waals surface area contributed by atoms with E-state index in [0.717, 1.165) is 6.54 Å². The number of fused-ring (bicyclic) bond motifs is 1. The maximum absolute atomic E-state index is 4.77. The Labute approximate surface area is 129 Å². The fraction of sp³-hybridized carbons (Fsp3) is 0.562. The van der Waals surface area contributed by atoms with Gasteiger partial charge in [0, 0.05) is 28.3 Å². The molecule has 1 atom stereocenters. The highest BCUT2D eigenvalue weighted by molar-refractivity contribution is 7.10. The fourth-order valence-electron chi connectivity index (χ4n) is 2.66. The Kier molecular flexibility index (Phi) is 3.98. The molecule has 0 spiro atoms. The number of aryl methyl sites for hydroxylation is 1. The molecule has 0 fully saturated rings. The second-order valence-corrected chi connectivity index (χ2v) is 8.38. The zero-order valence-corrected chi connectivity index (χ0v) is 14.0. The van der Waals surface area contributed by atoms with E-state index in [1.807, 2.05) is 11.3 Å². The van der Waals surface area contributed by atoms with Crippen molar-refractivity contribution in [1.29, 1.82) is 0 Å². The molecule has 1 N–H and O–H groups in total. The molecule has 1 aliphatic carbocycles. The summed E-state index contributed by atoms with van der Waals surface area (Å²) in [5, 5.41) is 9.35. The van der Waals surface area contributed by atoms with Crippen molar-refractivity contribution in [3.8, 4) is 0 Å². The normalized spacial score (nSPS) is 19.1. The van der Waals surface area contributed by atoms with E-state index in [4.69, 9.17) is 4.98 Å². The zero-order valence-electron chi connectivity index (χ0n) is 12.4. The van der Waals surface area contributed by atoms with Crippen LogP contribution in [0.4, 0.5) is 0 Å². The Hall–Kier alpha value is -0.710. The minimum atomic E-state index is 0.161. The summed E-state index contributed by atoms with van der Waals surface area (Å²) < 4.78 is 0. The first-order valence-electron chi connectivity index (χ1n) is 7.28. The van der Waals surface area contributed by atoms with Crippen molar-refractivity contribution < 1.29 is 0 Å². The summed E-state index contributed by atoms with van der Waals surface area (Å²) >= 11 is 3.69. The number of rotatable bonds is 3. The molecule has 0 saturated heterocycles. The molecule has 108 valence electrons. The van der Waals surface area contributed by atoms with Gasteiger partial charge in [0.1, 0.15) is 0 Å². The van der Waals surface area contributed by atoms with Crippen LogP contribution < -0.4 is 5.32 Å². The van der Waals surface area contributed by atoms with Gasteiger partial charge in [-0.05, 0) is 36.3 Å². The van der Waals surface area contributed by atoms with Crippen LogP contribution in [0.5, 0.6) is 0 Å². The lowest BCUT2D eigenvalue weighted by Crippen LogP contribution is -2.24. The third-order valence-corrected chi connectivity index (χ3v) is 6.09. The van der Waals surface area contributed by atoms with Crippen LogP contribution in [0, 0.1) is 0 Å². The molecule has 0 aromatic carbocycles. The first-order valence-corrected chi connectivity index (χ1v) is 9.04. The quantitative estimate of drug-likeness (QED) is 0.891. The van der Waals surface area contributed by atoms with Crippen molar-refractivity contribution in [2.24, 2.45) is 0 Å². The number of thiophene rings is 1. The van der Waals surface area contributed by atoms with Crippen LogP contribution in [0.3, 0.4) is 0 Å². The standard InChI is InChI=1S/C16H22N2S2/c1-16(2,3)15-18-11(10-20-15)9-17-13-5-4-6-14-12(13)7-8-19-14/h7-8,10,13,17H,4-6,9H2,1-3H3. The van der Waals surface area contributed by atoms with E-state index in [1.54, 1.807) is 16.2 Å². The molecule has 0 saturated carbocycles. The molecular formula is C16H22N2S2. The molecule has 0 amide bonds. The number of hydrogen-bond donors (Lipinski definition) is 1. The van der Waals surface area contributed by atoms with Crippen LogP contribution in [0.25, 0.3) is 0 Å². The average molecular weight is 306 g/mol. The van der Waals surface area contributed by atoms with Gasteiger partial charge in [-0.15, -0.1) is 22.7 Å². The molecule has 3 rings (SSSR count). The van der Waals surface area contributed by atoms with E-state index in [2.05, 4.69) is 42.9 Å². The molecule has 2 aromatic heterocycles. The van der Waals surface area contributed by atoms with Crippen molar-refractivity contribution in [1.82, 2.24) is 10.3 Å². The molecule has 0 radical (unpaired) electrons. The number of thiazole rings is 1. The van der Waals surface area contributed by atoms with Gasteiger partial charge in [0.25, 0.3) is 0 Å². The summed E-state index contributed by atoms with van der Waals surface area (Å²) in [6.07, 6.45) is 3.81. The molecule has 2 heterocycles. The van der Waals surface area contributed by atoms with Crippen molar-refractivity contribution in [3.05, 3.63) is 38.0 Å². The molecule has 1 unspecified atom stereocenters. The lowest BCUT2D eigenvalue weighted by atomic mass is 9.94. The van der Waals surface area contributed by atoms with Gasteiger partial charge in [-0.3, -0.25) is 0 Å². The smallest absolute Gasteiger partial charge is 0.0982 e. The topological polar surface area (TPSA) is 24.9 Å². The summed E-state index contributed by atoms with van der Waals surface area (Å²) in [5.41, 5.74) is 2.86. The largest absolute Gasteiger partial charge is 0.304 e. The SMILES string of the molecule is CC(C)(C)c1nc(CNC2CCCc3sccc32)cs1. The van der Waals surface area contributed by atoms with Crippen molar-refractivity contribution in [2.45, 2.75) is 58.0 Å². The van der Waals surface area contributed by atoms with Gasteiger partial charge in [0.2, 0.25) is 0 Å². The highest BCUT2D eigenvalue weighted by Crippen LogP contribution is 2.33. The summed E-state index contributed by atoms with van der Waals surface area (Å²) in [7, 11) is 0. The highest BCUT2D eigenvalue weighted by Gasteiger charge is 2.22. The predicted octanol–water partition coefficient (Wildman–Crippen LogP) is 4.67. The Balaban J connectivity index is 1.65. The second-order valence-electron chi connectivity index (χ2n) is 6.52.